The van der Waals surface area contributed by atoms with Crippen molar-refractivity contribution in [2.75, 3.05) is 5.73 Å². The van der Waals surface area contributed by atoms with E-state index < -0.39 is 0 Å². The molecule has 3 nitrogen and oxygen atoms in total. The molecule has 1 heterocycles. The number of thiazole rings is 1. The molecule has 0 amide bonds. The molecule has 0 aliphatic carbocycles. The molecule has 0 aromatic carbocycles. The van der Waals surface area contributed by atoms with Gasteiger partial charge >= 0.3 is 0 Å². The van der Waals surface area contributed by atoms with Crippen molar-refractivity contribution >= 4 is 16.5 Å². The molecule has 3 radical (unpaired) electrons. The van der Waals surface area contributed by atoms with Gasteiger partial charge in [-0.25, -0.2) is 4.98 Å². The van der Waals surface area contributed by atoms with E-state index in [2.05, 4.69) is 4.98 Å². The van der Waals surface area contributed by atoms with E-state index >= 15 is 0 Å². The second-order valence-corrected chi connectivity index (χ2v) is 1.80. The molecule has 4 heteroatoms. The monoisotopic (exact) mass is 114 g/mol. The van der Waals surface area contributed by atoms with Gasteiger partial charge in [0.1, 0.15) is 0 Å². The summed E-state index contributed by atoms with van der Waals surface area (Å²) in [4.78, 5) is 3.71. The van der Waals surface area contributed by atoms with Gasteiger partial charge in [0.2, 0.25) is 0 Å². The fourth-order valence-electron chi connectivity index (χ4n) is 0.234. The maximum absolute atomic E-state index is 5.19. The zero-order valence-electron chi connectivity index (χ0n) is 3.53. The van der Waals surface area contributed by atoms with E-state index in [0.717, 1.165) is 0 Å². The van der Waals surface area contributed by atoms with Crippen LogP contribution in [0.3, 0.4) is 0 Å². The predicted octanol–water partition coefficient (Wildman–Crippen LogP) is 0.245. The van der Waals surface area contributed by atoms with Crippen molar-refractivity contribution in [3.8, 4) is 0 Å². The number of nitrogen functional groups attached to an aromatic ring is 1. The van der Waals surface area contributed by atoms with Crippen LogP contribution in [0.5, 0.6) is 0 Å². The molecule has 0 aliphatic rings. The minimum Gasteiger partial charge on any atom is -0.375 e. The number of nitrogens with zero attached hydrogens (tertiary/aromatic N) is 2. The van der Waals surface area contributed by atoms with Gasteiger partial charge in [-0.05, 0) is 0 Å². The van der Waals surface area contributed by atoms with Crippen LogP contribution in [0.4, 0.5) is 5.13 Å². The van der Waals surface area contributed by atoms with Gasteiger partial charge in [0, 0.05) is 17.7 Å². The summed E-state index contributed by atoms with van der Waals surface area (Å²) in [5.41, 5.74) is 5.19. The molecule has 2 N–H and O–H groups in total. The third-order valence-corrected chi connectivity index (χ3v) is 1.06. The van der Waals surface area contributed by atoms with Crippen LogP contribution in [0, 0.1) is 0 Å². The first-order valence-corrected chi connectivity index (χ1v) is 2.42. The highest BCUT2D eigenvalue weighted by atomic mass is 32.1. The van der Waals surface area contributed by atoms with Gasteiger partial charge in [-0.3, -0.25) is 0 Å². The molecule has 0 saturated carbocycles. The topological polar surface area (TPSA) is 69.4 Å². The standard InChI is InChI=1S/C3H4N2S.N/c4-3-5-1-2-6-3;/h1-2H,(H2,4,5);. The molecule has 0 unspecified atom stereocenters. The molecule has 0 fully saturated rings. The Hall–Kier alpha value is -0.610. The Kier molecular flexibility index (Phi) is 2.32. The maximum atomic E-state index is 5.19. The van der Waals surface area contributed by atoms with E-state index in [1.165, 1.54) is 11.3 Å². The van der Waals surface area contributed by atoms with Crippen molar-refractivity contribution in [1.29, 1.82) is 0 Å². The lowest BCUT2D eigenvalue weighted by molar-refractivity contribution is 1.43. The minimum atomic E-state index is 0. The highest BCUT2D eigenvalue weighted by Crippen LogP contribution is 2.02. The summed E-state index contributed by atoms with van der Waals surface area (Å²) in [6.45, 7) is 0. The smallest absolute Gasteiger partial charge is 0.179 e. The molecule has 1 aromatic rings. The lowest BCUT2D eigenvalue weighted by Gasteiger charge is -1.67. The van der Waals surface area contributed by atoms with Crippen LogP contribution in [0.2, 0.25) is 0 Å². The Labute approximate surface area is 45.8 Å². The molecule has 0 saturated heterocycles. The van der Waals surface area contributed by atoms with Crippen molar-refractivity contribution in [3.05, 3.63) is 11.6 Å². The number of nitrogens with two attached hydrogens (primary N) is 1. The summed E-state index contributed by atoms with van der Waals surface area (Å²) in [5.74, 6) is 0. The lowest BCUT2D eigenvalue weighted by Crippen LogP contribution is -1.77. The van der Waals surface area contributed by atoms with Crippen molar-refractivity contribution < 1.29 is 0 Å². The third-order valence-electron chi connectivity index (χ3n) is 0.451. The first-order valence-electron chi connectivity index (χ1n) is 1.54. The molecule has 7 heavy (non-hydrogen) atoms. The Morgan fingerprint density at radius 2 is 2.43 bits per heavy atom. The molecular weight excluding hydrogens is 110 g/mol. The van der Waals surface area contributed by atoms with Crippen molar-refractivity contribution in [2.45, 2.75) is 0 Å². The molecule has 1 rings (SSSR count). The lowest BCUT2D eigenvalue weighted by atomic mass is 11.0. The van der Waals surface area contributed by atoms with Gasteiger partial charge in [0.05, 0.1) is 0 Å². The fourth-order valence-corrected chi connectivity index (χ4v) is 0.617. The van der Waals surface area contributed by atoms with Crippen molar-refractivity contribution in [3.63, 3.8) is 0 Å². The van der Waals surface area contributed by atoms with Crippen LogP contribution >= 0.6 is 11.3 Å². The van der Waals surface area contributed by atoms with Gasteiger partial charge in [0.25, 0.3) is 0 Å². The van der Waals surface area contributed by atoms with E-state index in [-0.39, 0.29) is 6.15 Å². The first-order chi connectivity index (χ1) is 2.89. The minimum absolute atomic E-state index is 0. The molecule has 0 spiro atoms. The number of rotatable bonds is 0. The maximum Gasteiger partial charge on any atom is 0.179 e. The summed E-state index contributed by atoms with van der Waals surface area (Å²) in [5, 5.41) is 2.48. The molecule has 0 aliphatic heterocycles. The number of hydrogen-bond donors (Lipinski definition) is 1. The quantitative estimate of drug-likeness (QED) is 0.525. The van der Waals surface area contributed by atoms with Gasteiger partial charge < -0.3 is 5.73 Å². The predicted molar refractivity (Wildman–Crippen MR) is 28.7 cm³/mol. The van der Waals surface area contributed by atoms with Gasteiger partial charge in [-0.15, -0.1) is 11.3 Å². The van der Waals surface area contributed by atoms with E-state index in [1.54, 1.807) is 6.20 Å². The first kappa shape index (κ1) is 6.39. The Morgan fingerprint density at radius 1 is 1.71 bits per heavy atom. The highest BCUT2D eigenvalue weighted by molar-refractivity contribution is 7.13. The van der Waals surface area contributed by atoms with E-state index in [1.807, 2.05) is 5.38 Å². The molecule has 0 bridgehead atoms. The fraction of sp³-hybridized carbons (Fsp3) is 0. The normalized spacial score (nSPS) is 7.43. The zero-order valence-corrected chi connectivity index (χ0v) is 4.35. The second-order valence-electron chi connectivity index (χ2n) is 0.870. The largest absolute Gasteiger partial charge is 0.375 e. The zero-order chi connectivity index (χ0) is 4.41. The summed E-state index contributed by atoms with van der Waals surface area (Å²) >= 11 is 1.44. The van der Waals surface area contributed by atoms with E-state index in [4.69, 9.17) is 5.73 Å². The average Bonchev–Trinajstić information content (AvgIpc) is 1.86. The van der Waals surface area contributed by atoms with Gasteiger partial charge in [-0.1, -0.05) is 0 Å². The summed E-state index contributed by atoms with van der Waals surface area (Å²) < 4.78 is 0. The van der Waals surface area contributed by atoms with Crippen LogP contribution < -0.4 is 11.9 Å². The van der Waals surface area contributed by atoms with Crippen LogP contribution in [-0.4, -0.2) is 4.98 Å². The SMILES string of the molecule is Nc1nccs1.[N]. The van der Waals surface area contributed by atoms with E-state index in [0.29, 0.717) is 5.13 Å². The van der Waals surface area contributed by atoms with Crippen LogP contribution in [-0.2, 0) is 0 Å². The average molecular weight is 114 g/mol. The van der Waals surface area contributed by atoms with Crippen molar-refractivity contribution in [2.24, 2.45) is 0 Å². The molecule has 1 aromatic heterocycles. The van der Waals surface area contributed by atoms with Crippen LogP contribution in [0.15, 0.2) is 11.6 Å². The van der Waals surface area contributed by atoms with Gasteiger partial charge in [0.15, 0.2) is 5.13 Å². The number of hydrogen-bond acceptors (Lipinski definition) is 3. The molecule has 37 valence electrons. The highest BCUT2D eigenvalue weighted by Gasteiger charge is 1.76. The molecule has 0 atom stereocenters. The van der Waals surface area contributed by atoms with E-state index in [9.17, 15) is 0 Å². The van der Waals surface area contributed by atoms with Gasteiger partial charge in [-0.2, -0.15) is 0 Å². The summed E-state index contributed by atoms with van der Waals surface area (Å²) in [6.07, 6.45) is 1.68. The summed E-state index contributed by atoms with van der Waals surface area (Å²) in [7, 11) is 0. The second kappa shape index (κ2) is 2.54. The summed E-state index contributed by atoms with van der Waals surface area (Å²) in [6, 6.07) is 0. The number of aromatic nitrogens is 1. The Bertz CT molecular complexity index is 114. The van der Waals surface area contributed by atoms with Crippen LogP contribution in [0.1, 0.15) is 0 Å². The number of anilines is 1. The van der Waals surface area contributed by atoms with Crippen LogP contribution in [0.25, 0.3) is 0 Å². The Morgan fingerprint density at radius 3 is 2.57 bits per heavy atom. The third kappa shape index (κ3) is 1.52. The Balaban J connectivity index is 0.000000360. The molecular formula is C3H4N3S. The van der Waals surface area contributed by atoms with Crippen molar-refractivity contribution in [1.82, 2.24) is 11.1 Å².